The van der Waals surface area contributed by atoms with E-state index in [0.717, 1.165) is 0 Å². The van der Waals surface area contributed by atoms with Gasteiger partial charge < -0.3 is 9.64 Å². The van der Waals surface area contributed by atoms with Gasteiger partial charge in [0.05, 0.1) is 11.5 Å². The highest BCUT2D eigenvalue weighted by molar-refractivity contribution is 6.30. The van der Waals surface area contributed by atoms with Crippen molar-refractivity contribution >= 4 is 23.2 Å². The molecular weight excluding hydrogens is 332 g/mol. The van der Waals surface area contributed by atoms with Crippen LogP contribution in [0.1, 0.15) is 15.9 Å². The van der Waals surface area contributed by atoms with Crippen LogP contribution in [0.4, 0.5) is 5.69 Å². The molecule has 6 nitrogen and oxygen atoms in total. The van der Waals surface area contributed by atoms with Gasteiger partial charge in [0.1, 0.15) is 17.9 Å². The number of carbonyl (C=O) groups is 1. The highest BCUT2D eigenvalue weighted by atomic mass is 35.5. The van der Waals surface area contributed by atoms with Crippen molar-refractivity contribution in [3.8, 4) is 5.75 Å². The van der Waals surface area contributed by atoms with Crippen molar-refractivity contribution in [3.63, 3.8) is 0 Å². The number of ether oxygens (including phenoxy) is 1. The number of rotatable bonds is 6. The summed E-state index contributed by atoms with van der Waals surface area (Å²) in [6.45, 7) is 2.15. The number of carbonyl (C=O) groups excluding carboxylic acids is 1. The lowest BCUT2D eigenvalue weighted by Gasteiger charge is -2.18. The van der Waals surface area contributed by atoms with Crippen LogP contribution >= 0.6 is 11.6 Å². The maximum absolute atomic E-state index is 12.5. The predicted octanol–water partition coefficient (Wildman–Crippen LogP) is 3.71. The van der Waals surface area contributed by atoms with Crippen molar-refractivity contribution in [1.82, 2.24) is 4.90 Å². The molecule has 0 saturated heterocycles. The number of benzene rings is 2. The zero-order chi connectivity index (χ0) is 17.7. The summed E-state index contributed by atoms with van der Waals surface area (Å²) in [5.74, 6) is 0.185. The number of hydrogen-bond donors (Lipinski definition) is 0. The molecule has 0 N–H and O–H groups in total. The molecule has 7 heteroatoms. The van der Waals surface area contributed by atoms with Gasteiger partial charge in [-0.05, 0) is 31.2 Å². The van der Waals surface area contributed by atoms with Gasteiger partial charge in [0, 0.05) is 17.6 Å². The molecule has 2 aromatic rings. The average molecular weight is 349 g/mol. The fourth-order valence-corrected chi connectivity index (χ4v) is 2.42. The van der Waals surface area contributed by atoms with E-state index in [1.54, 1.807) is 50.4 Å². The van der Waals surface area contributed by atoms with Gasteiger partial charge in [-0.25, -0.2) is 0 Å². The Morgan fingerprint density at radius 3 is 2.67 bits per heavy atom. The molecule has 2 aromatic carbocycles. The van der Waals surface area contributed by atoms with Crippen LogP contribution in [0.15, 0.2) is 42.5 Å². The average Bonchev–Trinajstić information content (AvgIpc) is 2.53. The SMILES string of the molecule is Cc1cccc(C(=O)N(C)CCOc2cccc(Cl)c2)c1[N+](=O)[O-]. The molecule has 126 valence electrons. The van der Waals surface area contributed by atoms with Crippen LogP contribution in [-0.4, -0.2) is 35.9 Å². The van der Waals surface area contributed by atoms with Crippen LogP contribution in [0.25, 0.3) is 0 Å². The largest absolute Gasteiger partial charge is 0.492 e. The summed E-state index contributed by atoms with van der Waals surface area (Å²) in [5.41, 5.74) is 0.366. The van der Waals surface area contributed by atoms with E-state index in [2.05, 4.69) is 0 Å². The fraction of sp³-hybridized carbons (Fsp3) is 0.235. The normalized spacial score (nSPS) is 10.3. The highest BCUT2D eigenvalue weighted by Gasteiger charge is 2.24. The summed E-state index contributed by atoms with van der Waals surface area (Å²) >= 11 is 5.87. The first-order valence-corrected chi connectivity index (χ1v) is 7.66. The standard InChI is InChI=1S/C17H17ClN2O4/c1-12-5-3-8-15(16(12)20(22)23)17(21)19(2)9-10-24-14-7-4-6-13(18)11-14/h3-8,11H,9-10H2,1-2H3. The van der Waals surface area contributed by atoms with E-state index in [0.29, 0.717) is 16.3 Å². The molecule has 0 unspecified atom stereocenters. The first-order valence-electron chi connectivity index (χ1n) is 7.28. The number of hydrogen-bond acceptors (Lipinski definition) is 4. The van der Waals surface area contributed by atoms with E-state index in [1.807, 2.05) is 0 Å². The fourth-order valence-electron chi connectivity index (χ4n) is 2.24. The number of likely N-dealkylation sites (N-methyl/N-ethyl adjacent to an activating group) is 1. The van der Waals surface area contributed by atoms with Gasteiger partial charge in [-0.3, -0.25) is 14.9 Å². The topological polar surface area (TPSA) is 72.7 Å². The van der Waals surface area contributed by atoms with Gasteiger partial charge >= 0.3 is 0 Å². The van der Waals surface area contributed by atoms with Crippen molar-refractivity contribution in [2.24, 2.45) is 0 Å². The Morgan fingerprint density at radius 2 is 2.00 bits per heavy atom. The van der Waals surface area contributed by atoms with Crippen LogP contribution in [-0.2, 0) is 0 Å². The van der Waals surface area contributed by atoms with Crippen LogP contribution in [0, 0.1) is 17.0 Å². The third-order valence-corrected chi connectivity index (χ3v) is 3.72. The van der Waals surface area contributed by atoms with Gasteiger partial charge in [-0.2, -0.15) is 0 Å². The molecule has 24 heavy (non-hydrogen) atoms. The quantitative estimate of drug-likeness (QED) is 0.589. The molecule has 0 atom stereocenters. The molecule has 2 rings (SSSR count). The van der Waals surface area contributed by atoms with Gasteiger partial charge in [0.25, 0.3) is 11.6 Å². The Balaban J connectivity index is 2.03. The van der Waals surface area contributed by atoms with Gasteiger partial charge in [0.2, 0.25) is 0 Å². The number of amides is 1. The lowest BCUT2D eigenvalue weighted by molar-refractivity contribution is -0.385. The number of nitro benzene ring substituents is 1. The number of aryl methyl sites for hydroxylation is 1. The van der Waals surface area contributed by atoms with Crippen molar-refractivity contribution < 1.29 is 14.5 Å². The zero-order valence-electron chi connectivity index (χ0n) is 13.4. The monoisotopic (exact) mass is 348 g/mol. The minimum atomic E-state index is -0.529. The second-order valence-electron chi connectivity index (χ2n) is 5.26. The Labute approximate surface area is 144 Å². The Bertz CT molecular complexity index is 764. The maximum Gasteiger partial charge on any atom is 0.285 e. The molecule has 0 fully saturated rings. The lowest BCUT2D eigenvalue weighted by atomic mass is 10.1. The Morgan fingerprint density at radius 1 is 1.29 bits per heavy atom. The summed E-state index contributed by atoms with van der Waals surface area (Å²) < 4.78 is 5.53. The lowest BCUT2D eigenvalue weighted by Crippen LogP contribution is -2.31. The summed E-state index contributed by atoms with van der Waals surface area (Å²) in [5, 5.41) is 11.8. The Hall–Kier alpha value is -2.60. The van der Waals surface area contributed by atoms with Crippen molar-refractivity contribution in [1.29, 1.82) is 0 Å². The molecule has 0 radical (unpaired) electrons. The molecule has 0 aliphatic carbocycles. The highest BCUT2D eigenvalue weighted by Crippen LogP contribution is 2.24. The van der Waals surface area contributed by atoms with E-state index in [-0.39, 0.29) is 24.4 Å². The maximum atomic E-state index is 12.5. The molecule has 0 saturated carbocycles. The first kappa shape index (κ1) is 17.7. The molecule has 0 heterocycles. The van der Waals surface area contributed by atoms with E-state index < -0.39 is 10.8 Å². The number of para-hydroxylation sites is 1. The van der Waals surface area contributed by atoms with Crippen molar-refractivity contribution in [2.75, 3.05) is 20.2 Å². The molecule has 0 spiro atoms. The van der Waals surface area contributed by atoms with Crippen LogP contribution < -0.4 is 4.74 Å². The van der Waals surface area contributed by atoms with Crippen LogP contribution in [0.3, 0.4) is 0 Å². The first-order chi connectivity index (χ1) is 11.4. The van der Waals surface area contributed by atoms with E-state index in [9.17, 15) is 14.9 Å². The van der Waals surface area contributed by atoms with Gasteiger partial charge in [0.15, 0.2) is 0 Å². The molecular formula is C17H17ClN2O4. The molecule has 0 aromatic heterocycles. The second-order valence-corrected chi connectivity index (χ2v) is 5.70. The predicted molar refractivity (Wildman–Crippen MR) is 91.7 cm³/mol. The smallest absolute Gasteiger partial charge is 0.285 e. The zero-order valence-corrected chi connectivity index (χ0v) is 14.1. The van der Waals surface area contributed by atoms with E-state index in [1.165, 1.54) is 11.0 Å². The Kier molecular flexibility index (Phi) is 5.76. The number of nitro groups is 1. The van der Waals surface area contributed by atoms with Crippen molar-refractivity contribution in [2.45, 2.75) is 6.92 Å². The third kappa shape index (κ3) is 4.23. The molecule has 0 bridgehead atoms. The summed E-state index contributed by atoms with van der Waals surface area (Å²) in [6, 6.07) is 11.6. The molecule has 0 aliphatic rings. The molecule has 1 amide bonds. The van der Waals surface area contributed by atoms with Gasteiger partial charge in [-0.1, -0.05) is 29.8 Å². The van der Waals surface area contributed by atoms with Gasteiger partial charge in [-0.15, -0.1) is 0 Å². The van der Waals surface area contributed by atoms with E-state index in [4.69, 9.17) is 16.3 Å². The second kappa shape index (κ2) is 7.79. The third-order valence-electron chi connectivity index (χ3n) is 3.49. The summed E-state index contributed by atoms with van der Waals surface area (Å²) in [6.07, 6.45) is 0. The minimum absolute atomic E-state index is 0.0743. The minimum Gasteiger partial charge on any atom is -0.492 e. The van der Waals surface area contributed by atoms with Crippen LogP contribution in [0.5, 0.6) is 5.75 Å². The summed E-state index contributed by atoms with van der Waals surface area (Å²) in [7, 11) is 1.58. The van der Waals surface area contributed by atoms with E-state index >= 15 is 0 Å². The summed E-state index contributed by atoms with van der Waals surface area (Å²) in [4.78, 5) is 24.5. The number of nitrogens with zero attached hydrogens (tertiary/aromatic N) is 2. The van der Waals surface area contributed by atoms with Crippen LogP contribution in [0.2, 0.25) is 5.02 Å². The number of halogens is 1. The van der Waals surface area contributed by atoms with Crippen molar-refractivity contribution in [3.05, 3.63) is 68.7 Å². The molecule has 0 aliphatic heterocycles.